The standard InChI is InChI=1S/C70H80O11/c1-41(38-72)54-28-18-42-16-19-43(20-17-42)55-29-24-48(47-12-8-14-53(36-47)69-33-6-5-13-51(69)25-21-44-9-3-4-15-58(44)69)35-50(55)37-60(74)78-65-62-59(31-30-56-57(39-73)61(68(76)79-64(56)62)49(32-34-71)40-77-2)81-70(66(65)80-67(54)75)52-26-22-45-10-7-11-46(23-27-52)63(45)70/h3-4,8-9,12,14-17,19-20,22,26,30-31,36,45-46,48-52,55,63,65-66,71-73H,5-7,10-11,13,18,21,23-25,27-29,32-35,37-40H2,1-2H3. The van der Waals surface area contributed by atoms with Gasteiger partial charge in [0, 0.05) is 59.8 Å². The summed E-state index contributed by atoms with van der Waals surface area (Å²) in [5.74, 6) is -0.443. The van der Waals surface area contributed by atoms with Crippen molar-refractivity contribution in [3.8, 4) is 5.75 Å². The van der Waals surface area contributed by atoms with E-state index in [0.717, 1.165) is 69.8 Å². The molecule has 11 nitrogen and oxygen atoms in total. The molecule has 4 bridgehead atoms. The third kappa shape index (κ3) is 9.26. The van der Waals surface area contributed by atoms with Crippen molar-refractivity contribution >= 4 is 22.9 Å². The van der Waals surface area contributed by atoms with Gasteiger partial charge in [0.25, 0.3) is 0 Å². The van der Waals surface area contributed by atoms with Crippen molar-refractivity contribution in [3.05, 3.63) is 169 Å². The average molecular weight is 1100 g/mol. The lowest BCUT2D eigenvalue weighted by molar-refractivity contribution is -0.235. The highest BCUT2D eigenvalue weighted by Crippen LogP contribution is 2.63. The first-order valence-corrected chi connectivity index (χ1v) is 30.8. The number of methoxy groups -OCH3 is 1. The lowest BCUT2D eigenvalue weighted by atomic mass is 9.50. The Kier molecular flexibility index (Phi) is 15.0. The number of allylic oxidation sites excluding steroid dienone is 1. The number of carbonyl (C=O) groups excluding carboxylic acids is 2. The number of rotatable bonds is 9. The molecule has 13 atom stereocenters. The van der Waals surface area contributed by atoms with Crippen molar-refractivity contribution in [2.45, 2.75) is 170 Å². The summed E-state index contributed by atoms with van der Waals surface area (Å²) in [4.78, 5) is 45.9. The van der Waals surface area contributed by atoms with Crippen molar-refractivity contribution in [2.24, 2.45) is 35.5 Å². The van der Waals surface area contributed by atoms with E-state index in [9.17, 15) is 20.1 Å². The Bertz CT molecular complexity index is 3310. The van der Waals surface area contributed by atoms with E-state index in [-0.39, 0.29) is 96.2 Å². The SMILES string of the molecule is COCC(CCO)c1c(CO)c2ccc3c(c2oc1=O)C1OC(=O)CC2CC(c4cccc(C56CCCCC5CCc5ccccc56)c4)CCC2c2ccc(cc2)CCC(=C(C)CO)C(=O)OC1C1(O3)C2C=CC3CCCC(CC2)C31. The van der Waals surface area contributed by atoms with Crippen LogP contribution in [0.15, 0.2) is 117 Å². The maximum absolute atomic E-state index is 15.8. The van der Waals surface area contributed by atoms with Crippen LogP contribution in [0.2, 0.25) is 0 Å². The van der Waals surface area contributed by atoms with Gasteiger partial charge in [-0.2, -0.15) is 0 Å². The van der Waals surface area contributed by atoms with E-state index in [1.165, 1.54) is 60.6 Å². The number of hydrogen-bond acceptors (Lipinski definition) is 11. The summed E-state index contributed by atoms with van der Waals surface area (Å²) < 4.78 is 34.0. The Labute approximate surface area is 476 Å². The molecule has 9 aliphatic rings. The van der Waals surface area contributed by atoms with Gasteiger partial charge in [-0.05, 0) is 189 Å². The van der Waals surface area contributed by atoms with Gasteiger partial charge in [0.1, 0.15) is 11.3 Å². The highest BCUT2D eigenvalue weighted by molar-refractivity contribution is 5.90. The Morgan fingerprint density at radius 2 is 1.65 bits per heavy atom. The molecule has 0 amide bonds. The lowest BCUT2D eigenvalue weighted by Crippen LogP contribution is -2.69. The number of ether oxygens (including phenoxy) is 4. The van der Waals surface area contributed by atoms with Crippen LogP contribution in [0.25, 0.3) is 11.0 Å². The molecule has 4 aromatic carbocycles. The molecule has 14 rings (SSSR count). The van der Waals surface area contributed by atoms with Gasteiger partial charge in [-0.1, -0.05) is 104 Å². The van der Waals surface area contributed by atoms with Crippen LogP contribution >= 0.6 is 0 Å². The highest BCUT2D eigenvalue weighted by atomic mass is 16.6. The average Bonchev–Trinajstić information content (AvgIpc) is 3.61. The number of benzene rings is 4. The van der Waals surface area contributed by atoms with Crippen LogP contribution in [-0.2, 0) is 48.7 Å². The highest BCUT2D eigenvalue weighted by Gasteiger charge is 2.68. The zero-order chi connectivity index (χ0) is 55.6. The summed E-state index contributed by atoms with van der Waals surface area (Å²) in [6.07, 6.45) is 17.8. The molecule has 6 aliphatic carbocycles. The fourth-order valence-electron chi connectivity index (χ4n) is 18.1. The first-order chi connectivity index (χ1) is 39.6. The van der Waals surface area contributed by atoms with Crippen LogP contribution in [-0.4, -0.2) is 65.9 Å². The molecule has 3 aliphatic heterocycles. The Balaban J connectivity index is 0.953. The summed E-state index contributed by atoms with van der Waals surface area (Å²) in [5, 5.41) is 32.6. The predicted molar refractivity (Wildman–Crippen MR) is 309 cm³/mol. The van der Waals surface area contributed by atoms with Gasteiger partial charge in [0.2, 0.25) is 0 Å². The number of aryl methyl sites for hydroxylation is 2. The molecular weight excluding hydrogens is 1020 g/mol. The van der Waals surface area contributed by atoms with Crippen LogP contribution in [0.4, 0.5) is 0 Å². The summed E-state index contributed by atoms with van der Waals surface area (Å²) in [5.41, 5.74) is 7.83. The van der Waals surface area contributed by atoms with Crippen LogP contribution < -0.4 is 10.4 Å². The molecule has 1 aromatic heterocycles. The predicted octanol–water partition coefficient (Wildman–Crippen LogP) is 12.5. The second-order valence-corrected chi connectivity index (χ2v) is 25.6. The zero-order valence-corrected chi connectivity index (χ0v) is 47.3. The molecule has 1 spiro atoms. The number of aliphatic hydroxyl groups excluding tert-OH is 3. The topological polar surface area (TPSA) is 162 Å². The fourth-order valence-corrected chi connectivity index (χ4v) is 18.1. The number of fused-ring (bicyclic) bond motifs is 14. The molecule has 5 aromatic rings. The molecule has 11 heteroatoms. The summed E-state index contributed by atoms with van der Waals surface area (Å²) in [6.45, 7) is 0.780. The van der Waals surface area contributed by atoms with Gasteiger partial charge in [0.05, 0.1) is 25.4 Å². The minimum atomic E-state index is -1.30. The Morgan fingerprint density at radius 1 is 0.790 bits per heavy atom. The molecule has 0 radical (unpaired) electrons. The molecule has 426 valence electrons. The van der Waals surface area contributed by atoms with E-state index in [1.807, 2.05) is 6.07 Å². The van der Waals surface area contributed by atoms with Crippen LogP contribution in [0.3, 0.4) is 0 Å². The molecule has 4 heterocycles. The van der Waals surface area contributed by atoms with E-state index < -0.39 is 47.9 Å². The van der Waals surface area contributed by atoms with E-state index in [4.69, 9.17) is 23.4 Å². The number of carbonyl (C=O) groups is 2. The fraction of sp³-hybridized carbons (Fsp3) is 0.529. The van der Waals surface area contributed by atoms with Crippen LogP contribution in [0, 0.1) is 35.5 Å². The van der Waals surface area contributed by atoms with Gasteiger partial charge in [-0.3, -0.25) is 4.79 Å². The van der Waals surface area contributed by atoms with Crippen LogP contribution in [0.1, 0.15) is 184 Å². The molecule has 81 heavy (non-hydrogen) atoms. The summed E-state index contributed by atoms with van der Waals surface area (Å²) in [6, 6.07) is 31.0. The number of hydrogen-bond donors (Lipinski definition) is 3. The van der Waals surface area contributed by atoms with Gasteiger partial charge in [-0.25, -0.2) is 9.59 Å². The first-order valence-electron chi connectivity index (χ1n) is 30.8. The number of aliphatic hydroxyl groups is 3. The molecule has 13 unspecified atom stereocenters. The van der Waals surface area contributed by atoms with E-state index in [0.29, 0.717) is 46.6 Å². The van der Waals surface area contributed by atoms with Crippen molar-refractivity contribution in [1.82, 2.24) is 0 Å². The molecule has 4 fully saturated rings. The summed E-state index contributed by atoms with van der Waals surface area (Å²) >= 11 is 0. The summed E-state index contributed by atoms with van der Waals surface area (Å²) in [7, 11) is 1.53. The minimum Gasteiger partial charge on any atom is -0.482 e. The van der Waals surface area contributed by atoms with Gasteiger partial charge >= 0.3 is 17.6 Å². The molecule has 4 saturated carbocycles. The Hall–Kier alpha value is -5.85. The quantitative estimate of drug-likeness (QED) is 0.0557. The van der Waals surface area contributed by atoms with Crippen molar-refractivity contribution in [3.63, 3.8) is 0 Å². The smallest absolute Gasteiger partial charge is 0.340 e. The lowest BCUT2D eigenvalue weighted by Gasteiger charge is -2.62. The Morgan fingerprint density at radius 3 is 2.48 bits per heavy atom. The third-order valence-corrected chi connectivity index (χ3v) is 21.7. The van der Waals surface area contributed by atoms with Gasteiger partial charge in [-0.15, -0.1) is 0 Å². The van der Waals surface area contributed by atoms with Gasteiger partial charge < -0.3 is 38.7 Å². The van der Waals surface area contributed by atoms with E-state index in [2.05, 4.69) is 84.9 Å². The first kappa shape index (κ1) is 54.4. The van der Waals surface area contributed by atoms with Crippen molar-refractivity contribution in [2.75, 3.05) is 26.9 Å². The second kappa shape index (κ2) is 22.4. The molecule has 3 N–H and O–H groups in total. The zero-order valence-electron chi connectivity index (χ0n) is 47.3. The van der Waals surface area contributed by atoms with E-state index in [1.54, 1.807) is 13.0 Å². The second-order valence-electron chi connectivity index (χ2n) is 25.6. The minimum absolute atomic E-state index is 0.0162. The van der Waals surface area contributed by atoms with Crippen LogP contribution in [0.5, 0.6) is 5.75 Å². The van der Waals surface area contributed by atoms with Crippen molar-refractivity contribution < 1.29 is 48.3 Å². The largest absolute Gasteiger partial charge is 0.482 e. The number of esters is 2. The molecule has 0 saturated heterocycles. The third-order valence-electron chi connectivity index (χ3n) is 21.7. The normalized spacial score (nSPS) is 32.5. The maximum Gasteiger partial charge on any atom is 0.340 e. The van der Waals surface area contributed by atoms with E-state index >= 15 is 9.59 Å². The monoisotopic (exact) mass is 1100 g/mol. The maximum atomic E-state index is 15.8. The molecular formula is C70H80O11. The van der Waals surface area contributed by atoms with Crippen molar-refractivity contribution in [1.29, 1.82) is 0 Å². The van der Waals surface area contributed by atoms with Gasteiger partial charge in [0.15, 0.2) is 17.8 Å².